The first-order valence-corrected chi connectivity index (χ1v) is 9.16. The molecule has 0 radical (unpaired) electrons. The molecule has 0 saturated carbocycles. The van der Waals surface area contributed by atoms with Gasteiger partial charge in [0.1, 0.15) is 6.21 Å². The molecular formula is C14H15IN2O4S. The van der Waals surface area contributed by atoms with E-state index in [1.54, 1.807) is 0 Å². The second kappa shape index (κ2) is 8.81. The fourth-order valence-corrected chi connectivity index (χ4v) is 2.54. The molecule has 0 spiro atoms. The van der Waals surface area contributed by atoms with E-state index < -0.39 is 10.1 Å². The number of nitrogens with zero attached hydrogens (tertiary/aromatic N) is 2. The van der Waals surface area contributed by atoms with Crippen molar-refractivity contribution >= 4 is 38.9 Å². The van der Waals surface area contributed by atoms with Crippen molar-refractivity contribution in [1.29, 1.82) is 0 Å². The molecular weight excluding hydrogens is 419 g/mol. The third-order valence-corrected chi connectivity index (χ3v) is 3.75. The SMILES string of the molecule is CS(=O)(=O)[O-].ON=Cc1cccc[n+]1C(I)c1ccccc1. The first kappa shape index (κ1) is 18.5. The number of rotatable bonds is 3. The van der Waals surface area contributed by atoms with E-state index in [4.69, 9.17) is 18.2 Å². The van der Waals surface area contributed by atoms with Gasteiger partial charge in [-0.1, -0.05) is 35.5 Å². The molecule has 2 rings (SSSR count). The molecule has 8 heteroatoms. The molecule has 1 N–H and O–H groups in total. The third-order valence-electron chi connectivity index (χ3n) is 2.43. The van der Waals surface area contributed by atoms with E-state index in [1.165, 1.54) is 11.8 Å². The van der Waals surface area contributed by atoms with Crippen molar-refractivity contribution in [3.8, 4) is 0 Å². The highest BCUT2D eigenvalue weighted by Gasteiger charge is 2.19. The molecule has 0 saturated heterocycles. The summed E-state index contributed by atoms with van der Waals surface area (Å²) in [5.74, 6) is 0. The maximum Gasteiger partial charge on any atom is 0.233 e. The van der Waals surface area contributed by atoms with Crippen LogP contribution in [0.15, 0.2) is 59.9 Å². The summed E-state index contributed by atoms with van der Waals surface area (Å²) in [4.78, 5) is 0. The van der Waals surface area contributed by atoms with E-state index in [0.29, 0.717) is 6.26 Å². The lowest BCUT2D eigenvalue weighted by Crippen LogP contribution is -2.40. The maximum absolute atomic E-state index is 9.08. The Morgan fingerprint density at radius 2 is 1.77 bits per heavy atom. The molecule has 6 nitrogen and oxygen atoms in total. The van der Waals surface area contributed by atoms with Crippen LogP contribution < -0.4 is 4.57 Å². The minimum absolute atomic E-state index is 0.169. The van der Waals surface area contributed by atoms with Crippen LogP contribution in [0.25, 0.3) is 0 Å². The minimum atomic E-state index is -3.92. The van der Waals surface area contributed by atoms with Crippen LogP contribution in [0.1, 0.15) is 15.3 Å². The van der Waals surface area contributed by atoms with Crippen LogP contribution in [0.3, 0.4) is 0 Å². The van der Waals surface area contributed by atoms with Crippen molar-refractivity contribution in [2.45, 2.75) is 4.05 Å². The van der Waals surface area contributed by atoms with Gasteiger partial charge in [-0.2, -0.15) is 4.57 Å². The molecule has 1 aromatic heterocycles. The van der Waals surface area contributed by atoms with E-state index in [-0.39, 0.29) is 4.05 Å². The second-order valence-corrected chi connectivity index (χ2v) is 6.82. The van der Waals surface area contributed by atoms with Gasteiger partial charge in [0, 0.05) is 46.5 Å². The third kappa shape index (κ3) is 6.96. The Bertz CT molecular complexity index is 713. The summed E-state index contributed by atoms with van der Waals surface area (Å²) in [6, 6.07) is 16.0. The van der Waals surface area contributed by atoms with E-state index in [0.717, 1.165) is 5.69 Å². The molecule has 1 aromatic carbocycles. The lowest BCUT2D eigenvalue weighted by atomic mass is 10.2. The summed E-state index contributed by atoms with van der Waals surface area (Å²) in [6.45, 7) is 0. The van der Waals surface area contributed by atoms with Crippen molar-refractivity contribution < 1.29 is 22.7 Å². The molecule has 1 heterocycles. The van der Waals surface area contributed by atoms with Gasteiger partial charge in [-0.15, -0.1) is 0 Å². The highest BCUT2D eigenvalue weighted by atomic mass is 127. The number of aromatic nitrogens is 1. The van der Waals surface area contributed by atoms with Gasteiger partial charge in [-0.3, -0.25) is 0 Å². The van der Waals surface area contributed by atoms with Gasteiger partial charge < -0.3 is 9.76 Å². The second-order valence-electron chi connectivity index (χ2n) is 4.23. The molecule has 2 aromatic rings. The van der Waals surface area contributed by atoms with Crippen LogP contribution in [0.4, 0.5) is 0 Å². The summed E-state index contributed by atoms with van der Waals surface area (Å²) in [5.41, 5.74) is 2.06. The van der Waals surface area contributed by atoms with Gasteiger partial charge >= 0.3 is 0 Å². The summed E-state index contributed by atoms with van der Waals surface area (Å²) in [7, 11) is -3.92. The predicted octanol–water partition coefficient (Wildman–Crippen LogP) is 1.93. The normalized spacial score (nSPS) is 12.5. The van der Waals surface area contributed by atoms with Crippen LogP contribution in [0, 0.1) is 0 Å². The van der Waals surface area contributed by atoms with Crippen molar-refractivity contribution in [2.75, 3.05) is 6.26 Å². The van der Waals surface area contributed by atoms with Crippen LogP contribution in [0.2, 0.25) is 0 Å². The van der Waals surface area contributed by atoms with Crippen LogP contribution >= 0.6 is 22.6 Å². The Morgan fingerprint density at radius 3 is 2.32 bits per heavy atom. The maximum atomic E-state index is 9.08. The smallest absolute Gasteiger partial charge is 0.233 e. The van der Waals surface area contributed by atoms with Crippen molar-refractivity contribution in [1.82, 2.24) is 0 Å². The number of hydrogen-bond donors (Lipinski definition) is 1. The fourth-order valence-electron chi connectivity index (χ4n) is 1.62. The number of hydrogen-bond acceptors (Lipinski definition) is 5. The number of halogens is 1. The van der Waals surface area contributed by atoms with E-state index in [9.17, 15) is 0 Å². The summed E-state index contributed by atoms with van der Waals surface area (Å²) >= 11 is 2.36. The highest BCUT2D eigenvalue weighted by molar-refractivity contribution is 14.1. The zero-order valence-corrected chi connectivity index (χ0v) is 14.7. The molecule has 0 aliphatic carbocycles. The molecule has 0 amide bonds. The number of pyridine rings is 1. The van der Waals surface area contributed by atoms with Gasteiger partial charge in [0.25, 0.3) is 0 Å². The lowest BCUT2D eigenvalue weighted by Gasteiger charge is -2.07. The zero-order valence-electron chi connectivity index (χ0n) is 11.7. The van der Waals surface area contributed by atoms with Crippen LogP contribution in [0.5, 0.6) is 0 Å². The van der Waals surface area contributed by atoms with Gasteiger partial charge in [0.05, 0.1) is 10.1 Å². The Labute approximate surface area is 143 Å². The predicted molar refractivity (Wildman–Crippen MR) is 90.2 cm³/mol. The topological polar surface area (TPSA) is 93.7 Å². The fraction of sp³-hybridized carbons (Fsp3) is 0.143. The summed E-state index contributed by atoms with van der Waals surface area (Å²) in [5, 5.41) is 11.7. The monoisotopic (exact) mass is 434 g/mol. The summed E-state index contributed by atoms with van der Waals surface area (Å²) in [6.07, 6.45) is 4.02. The standard InChI is InChI=1S/C13H11IN2O.CH4O3S/c14-13(11-6-2-1-3-7-11)16-9-5-4-8-12(16)10-15-17;1-5(2,3)4/h1-10,13H;1H3,(H,2,3,4). The molecule has 118 valence electrons. The van der Waals surface area contributed by atoms with Gasteiger partial charge in [0.2, 0.25) is 9.74 Å². The van der Waals surface area contributed by atoms with Crippen LogP contribution in [-0.2, 0) is 10.1 Å². The minimum Gasteiger partial charge on any atom is -0.748 e. The molecule has 0 aliphatic heterocycles. The van der Waals surface area contributed by atoms with Gasteiger partial charge in [-0.25, -0.2) is 8.42 Å². The number of oxime groups is 1. The largest absolute Gasteiger partial charge is 0.748 e. The molecule has 1 atom stereocenters. The average molecular weight is 434 g/mol. The Morgan fingerprint density at radius 1 is 1.23 bits per heavy atom. The van der Waals surface area contributed by atoms with Gasteiger partial charge in [-0.05, 0) is 6.07 Å². The van der Waals surface area contributed by atoms with Crippen molar-refractivity contribution in [3.63, 3.8) is 0 Å². The van der Waals surface area contributed by atoms with E-state index in [2.05, 4.69) is 44.4 Å². The first-order chi connectivity index (χ1) is 10.3. The van der Waals surface area contributed by atoms with Gasteiger partial charge in [0.15, 0.2) is 6.20 Å². The number of alkyl halides is 1. The Hall–Kier alpha value is -1.52. The molecule has 22 heavy (non-hydrogen) atoms. The van der Waals surface area contributed by atoms with Crippen LogP contribution in [-0.4, -0.2) is 30.6 Å². The van der Waals surface area contributed by atoms with Crippen molar-refractivity contribution in [3.05, 3.63) is 66.0 Å². The average Bonchev–Trinajstić information content (AvgIpc) is 2.47. The molecule has 0 aliphatic rings. The zero-order chi connectivity index (χ0) is 16.6. The van der Waals surface area contributed by atoms with Crippen molar-refractivity contribution in [2.24, 2.45) is 5.16 Å². The van der Waals surface area contributed by atoms with E-state index in [1.807, 2.05) is 42.6 Å². The highest BCUT2D eigenvalue weighted by Crippen LogP contribution is 2.19. The number of benzene rings is 1. The van der Waals surface area contributed by atoms with E-state index >= 15 is 0 Å². The first-order valence-electron chi connectivity index (χ1n) is 6.10. The lowest BCUT2D eigenvalue weighted by molar-refractivity contribution is -0.686. The summed E-state index contributed by atoms with van der Waals surface area (Å²) < 4.78 is 29.4. The molecule has 0 bridgehead atoms. The molecule has 0 fully saturated rings. The Balaban J connectivity index is 0.000000422. The Kier molecular flexibility index (Phi) is 7.42. The molecule has 1 unspecified atom stereocenters. The quantitative estimate of drug-likeness (QED) is 0.152.